The molecule has 3 heterocycles. The van der Waals surface area contributed by atoms with Gasteiger partial charge in [0, 0.05) is 37.0 Å². The Balaban J connectivity index is 1.19. The maximum atomic E-state index is 12.3. The molecule has 0 fully saturated rings. The largest absolute Gasteiger partial charge is 0.355 e. The second-order valence-corrected chi connectivity index (χ2v) is 7.72. The zero-order valence-electron chi connectivity index (χ0n) is 13.7. The van der Waals surface area contributed by atoms with E-state index in [4.69, 9.17) is 0 Å². The summed E-state index contributed by atoms with van der Waals surface area (Å²) in [6.45, 7) is 1.72. The summed E-state index contributed by atoms with van der Waals surface area (Å²) in [7, 11) is 0. The van der Waals surface area contributed by atoms with E-state index in [2.05, 4.69) is 14.7 Å². The van der Waals surface area contributed by atoms with Gasteiger partial charge < -0.3 is 5.32 Å². The highest BCUT2D eigenvalue weighted by atomic mass is 32.1. The molecule has 8 heteroatoms. The van der Waals surface area contributed by atoms with E-state index in [1.807, 2.05) is 38.8 Å². The second kappa shape index (κ2) is 7.37. The van der Waals surface area contributed by atoms with Gasteiger partial charge in [0.2, 0.25) is 10.9 Å². The summed E-state index contributed by atoms with van der Waals surface area (Å²) in [6.07, 6.45) is 8.10. The van der Waals surface area contributed by atoms with Crippen molar-refractivity contribution in [2.45, 2.75) is 32.2 Å². The van der Waals surface area contributed by atoms with Crippen LogP contribution in [-0.4, -0.2) is 24.3 Å². The van der Waals surface area contributed by atoms with Gasteiger partial charge in [-0.25, -0.2) is 4.98 Å². The SMILES string of the molecule is O=c1c2ccccc2sn1CCCCCCNc1nsc2nccn12. The number of nitrogens with one attached hydrogen (secondary N) is 1. The highest BCUT2D eigenvalue weighted by molar-refractivity contribution is 7.13. The van der Waals surface area contributed by atoms with Crippen molar-refractivity contribution >= 4 is 44.1 Å². The average molecular weight is 374 g/mol. The van der Waals surface area contributed by atoms with Crippen LogP contribution in [0, 0.1) is 0 Å². The number of benzene rings is 1. The average Bonchev–Trinajstić information content (AvgIpc) is 3.31. The Morgan fingerprint density at radius 1 is 1.12 bits per heavy atom. The van der Waals surface area contributed by atoms with Crippen LogP contribution in [-0.2, 0) is 6.54 Å². The molecule has 0 atom stereocenters. The fourth-order valence-corrected chi connectivity index (χ4v) is 4.56. The van der Waals surface area contributed by atoms with Gasteiger partial charge in [-0.3, -0.25) is 13.2 Å². The number of anilines is 1. The molecule has 0 spiro atoms. The van der Waals surface area contributed by atoms with Crippen molar-refractivity contribution in [1.29, 1.82) is 0 Å². The predicted octanol–water partition coefficient (Wildman–Crippen LogP) is 3.84. The standard InChI is InChI=1S/C17H19N5OS2/c23-15-13-7-3-4-8-14(13)25-22(15)11-6-2-1-5-9-18-16-20-24-17-19-10-12-21(16)17/h3-4,7-8,10,12H,1-2,5-6,9,11H2,(H,18,20). The smallest absolute Gasteiger partial charge is 0.268 e. The summed E-state index contributed by atoms with van der Waals surface area (Å²) < 4.78 is 9.28. The van der Waals surface area contributed by atoms with Crippen molar-refractivity contribution in [2.24, 2.45) is 0 Å². The zero-order valence-corrected chi connectivity index (χ0v) is 15.4. The van der Waals surface area contributed by atoms with E-state index in [0.29, 0.717) is 0 Å². The van der Waals surface area contributed by atoms with Crippen LogP contribution in [0.3, 0.4) is 0 Å². The normalized spacial score (nSPS) is 11.5. The molecule has 4 aromatic rings. The van der Waals surface area contributed by atoms with Crippen LogP contribution in [0.15, 0.2) is 41.5 Å². The maximum Gasteiger partial charge on any atom is 0.268 e. The molecule has 0 saturated carbocycles. The van der Waals surface area contributed by atoms with Crippen molar-refractivity contribution in [3.63, 3.8) is 0 Å². The molecule has 6 nitrogen and oxygen atoms in total. The summed E-state index contributed by atoms with van der Waals surface area (Å²) in [6, 6.07) is 7.83. The first-order valence-corrected chi connectivity index (χ1v) is 9.99. The summed E-state index contributed by atoms with van der Waals surface area (Å²) in [5.41, 5.74) is 0.148. The van der Waals surface area contributed by atoms with Gasteiger partial charge in [-0.05, 0) is 25.0 Å². The second-order valence-electron chi connectivity index (χ2n) is 5.92. The fourth-order valence-electron chi connectivity index (χ4n) is 2.86. The molecular weight excluding hydrogens is 354 g/mol. The Morgan fingerprint density at radius 3 is 2.92 bits per heavy atom. The molecule has 0 bridgehead atoms. The Hall–Kier alpha value is -2.19. The van der Waals surface area contributed by atoms with Gasteiger partial charge in [0.1, 0.15) is 0 Å². The van der Waals surface area contributed by atoms with Gasteiger partial charge in [0.15, 0.2) is 0 Å². The minimum atomic E-state index is 0.148. The molecule has 0 unspecified atom stereocenters. The van der Waals surface area contributed by atoms with E-state index in [9.17, 15) is 4.79 Å². The van der Waals surface area contributed by atoms with Crippen molar-refractivity contribution < 1.29 is 0 Å². The quantitative estimate of drug-likeness (QED) is 0.477. The lowest BCUT2D eigenvalue weighted by Crippen LogP contribution is -2.12. The Morgan fingerprint density at radius 2 is 2.00 bits per heavy atom. The highest BCUT2D eigenvalue weighted by Gasteiger charge is 2.06. The van der Waals surface area contributed by atoms with E-state index in [-0.39, 0.29) is 5.56 Å². The minimum Gasteiger partial charge on any atom is -0.355 e. The molecule has 0 saturated heterocycles. The van der Waals surface area contributed by atoms with Crippen LogP contribution in [0.1, 0.15) is 25.7 Å². The van der Waals surface area contributed by atoms with Crippen LogP contribution < -0.4 is 10.9 Å². The van der Waals surface area contributed by atoms with Crippen molar-refractivity contribution in [3.8, 4) is 0 Å². The maximum absolute atomic E-state index is 12.3. The van der Waals surface area contributed by atoms with Gasteiger partial charge in [-0.15, -0.1) is 0 Å². The molecule has 0 aliphatic rings. The van der Waals surface area contributed by atoms with Gasteiger partial charge in [-0.2, -0.15) is 4.37 Å². The third kappa shape index (κ3) is 3.45. The number of hydrogen-bond acceptors (Lipinski definition) is 6. The van der Waals surface area contributed by atoms with Gasteiger partial charge in [0.25, 0.3) is 5.56 Å². The fraction of sp³-hybridized carbons (Fsp3) is 0.353. The lowest BCUT2D eigenvalue weighted by atomic mass is 10.2. The topological polar surface area (TPSA) is 64.2 Å². The number of imidazole rings is 1. The highest BCUT2D eigenvalue weighted by Crippen LogP contribution is 2.17. The van der Waals surface area contributed by atoms with E-state index in [1.54, 1.807) is 17.7 Å². The van der Waals surface area contributed by atoms with Crippen molar-refractivity contribution in [2.75, 3.05) is 11.9 Å². The monoisotopic (exact) mass is 373 g/mol. The summed E-state index contributed by atoms with van der Waals surface area (Å²) in [5, 5.41) is 4.20. The molecule has 25 heavy (non-hydrogen) atoms. The first-order valence-electron chi connectivity index (χ1n) is 8.44. The van der Waals surface area contributed by atoms with E-state index >= 15 is 0 Å². The summed E-state index contributed by atoms with van der Waals surface area (Å²) >= 11 is 2.97. The van der Waals surface area contributed by atoms with Crippen LogP contribution in [0.25, 0.3) is 15.0 Å². The van der Waals surface area contributed by atoms with Crippen LogP contribution >= 0.6 is 23.1 Å². The number of fused-ring (bicyclic) bond motifs is 2. The van der Waals surface area contributed by atoms with Gasteiger partial charge >= 0.3 is 0 Å². The molecule has 130 valence electrons. The molecule has 0 radical (unpaired) electrons. The summed E-state index contributed by atoms with van der Waals surface area (Å²) in [5.74, 6) is 0.870. The lowest BCUT2D eigenvalue weighted by Gasteiger charge is -2.04. The van der Waals surface area contributed by atoms with Crippen LogP contribution in [0.4, 0.5) is 5.95 Å². The summed E-state index contributed by atoms with van der Waals surface area (Å²) in [4.78, 5) is 17.4. The zero-order chi connectivity index (χ0) is 17.1. The van der Waals surface area contributed by atoms with E-state index < -0.39 is 0 Å². The Kier molecular flexibility index (Phi) is 4.80. The number of unbranched alkanes of at least 4 members (excludes halogenated alkanes) is 3. The van der Waals surface area contributed by atoms with Crippen LogP contribution in [0.2, 0.25) is 0 Å². The van der Waals surface area contributed by atoms with Crippen molar-refractivity contribution in [3.05, 3.63) is 47.0 Å². The molecule has 0 aliphatic carbocycles. The number of rotatable bonds is 8. The Bertz CT molecular complexity index is 1030. The Labute approximate surface area is 153 Å². The first kappa shape index (κ1) is 16.3. The van der Waals surface area contributed by atoms with E-state index in [1.165, 1.54) is 11.5 Å². The minimum absolute atomic E-state index is 0.148. The third-order valence-electron chi connectivity index (χ3n) is 4.17. The first-order chi connectivity index (χ1) is 12.3. The molecule has 3 aromatic heterocycles. The molecule has 1 aromatic carbocycles. The van der Waals surface area contributed by atoms with E-state index in [0.717, 1.165) is 59.8 Å². The third-order valence-corrected chi connectivity index (χ3v) is 6.02. The molecule has 0 aliphatic heterocycles. The molecule has 1 N–H and O–H groups in total. The molecule has 0 amide bonds. The number of nitrogens with zero attached hydrogens (tertiary/aromatic N) is 4. The molecule has 4 rings (SSSR count). The predicted molar refractivity (Wildman–Crippen MR) is 104 cm³/mol. The number of hydrogen-bond donors (Lipinski definition) is 1. The van der Waals surface area contributed by atoms with Crippen molar-refractivity contribution in [1.82, 2.24) is 17.7 Å². The van der Waals surface area contributed by atoms with Crippen LogP contribution in [0.5, 0.6) is 0 Å². The lowest BCUT2D eigenvalue weighted by molar-refractivity contribution is 0.593. The molecular formula is C17H19N5OS2. The number of aryl methyl sites for hydroxylation is 1. The van der Waals surface area contributed by atoms with Gasteiger partial charge in [0.05, 0.1) is 10.1 Å². The number of aromatic nitrogens is 4. The van der Waals surface area contributed by atoms with Gasteiger partial charge in [-0.1, -0.05) is 36.5 Å².